The van der Waals surface area contributed by atoms with Crippen LogP contribution >= 0.6 is 34.7 Å². The number of aromatic hydroxyl groups is 1. The molecule has 0 amide bonds. The molecular formula is C44H39ClN10O21S8. The Labute approximate surface area is 489 Å². The van der Waals surface area contributed by atoms with E-state index in [0.29, 0.717) is 17.3 Å². The average Bonchev–Trinajstić information content (AvgIpc) is 1.68. The van der Waals surface area contributed by atoms with Crippen molar-refractivity contribution < 1.29 is 92.4 Å². The number of imidazole rings is 1. The highest BCUT2D eigenvalue weighted by molar-refractivity contribution is 7.99. The quantitative estimate of drug-likeness (QED) is 0.0172. The van der Waals surface area contributed by atoms with Crippen molar-refractivity contribution in [2.75, 3.05) is 30.1 Å². The van der Waals surface area contributed by atoms with E-state index in [2.05, 4.69) is 46.7 Å². The van der Waals surface area contributed by atoms with Gasteiger partial charge in [0.2, 0.25) is 11.0 Å². The highest BCUT2D eigenvalue weighted by atomic mass is 35.5. The zero-order valence-electron chi connectivity index (χ0n) is 42.3. The second-order valence-electron chi connectivity index (χ2n) is 16.8. The monoisotopic (exact) mass is 1330 g/mol. The number of hydrogen-bond donors (Lipinski definition) is 7. The third-order valence-corrected chi connectivity index (χ3v) is 16.5. The van der Waals surface area contributed by atoms with Crippen molar-refractivity contribution in [3.8, 4) is 17.7 Å². The van der Waals surface area contributed by atoms with Crippen molar-refractivity contribution in [1.29, 1.82) is 5.26 Å². The third kappa shape index (κ3) is 17.7. The van der Waals surface area contributed by atoms with Crippen molar-refractivity contribution in [2.45, 2.75) is 41.1 Å². The molecule has 0 fully saturated rings. The molecule has 0 radical (unpaired) electrons. The van der Waals surface area contributed by atoms with Gasteiger partial charge in [0, 0.05) is 27.5 Å². The first-order valence-electron chi connectivity index (χ1n) is 22.6. The van der Waals surface area contributed by atoms with Crippen molar-refractivity contribution in [3.63, 3.8) is 0 Å². The second-order valence-corrected chi connectivity index (χ2v) is 27.2. The number of fused-ring (bicyclic) bond motifs is 6. The molecule has 8 rings (SSSR count). The summed E-state index contributed by atoms with van der Waals surface area (Å²) in [6.45, 7) is 0.558. The molecule has 31 nitrogen and oxygen atoms in total. The third-order valence-electron chi connectivity index (χ3n) is 10.8. The molecule has 84 heavy (non-hydrogen) atoms. The van der Waals surface area contributed by atoms with Gasteiger partial charge in [0.05, 0.1) is 62.3 Å². The van der Waals surface area contributed by atoms with Crippen molar-refractivity contribution in [3.05, 3.63) is 94.5 Å². The first-order valence-corrected chi connectivity index (χ1v) is 33.8. The van der Waals surface area contributed by atoms with Gasteiger partial charge in [0.1, 0.15) is 44.9 Å². The van der Waals surface area contributed by atoms with E-state index in [1.54, 1.807) is 24.3 Å². The SMILES string of the molecule is CS(=O)(=O)O.Cc1c(N=Nc2cc(CO)c(N=Nc3cc(Cl)c(N=Nc4nc5c(S(=O)(=O)O)cc6ccc(S(=O)(=O)O)cc6c5s4)cc3SCCCS(=O)(=O)O)cc2OCCCS(=O)(=O)O)c(O)n2c(nc3ccccc32)c1C#N.O=S(=O)=O. The van der Waals surface area contributed by atoms with Crippen LogP contribution in [0.1, 0.15) is 29.5 Å². The smallest absolute Gasteiger partial charge is 0.425 e. The summed E-state index contributed by atoms with van der Waals surface area (Å²) in [5, 5.41) is 57.8. The van der Waals surface area contributed by atoms with Gasteiger partial charge in [-0.3, -0.25) is 27.2 Å². The van der Waals surface area contributed by atoms with Crippen molar-refractivity contribution >= 4 is 167 Å². The summed E-state index contributed by atoms with van der Waals surface area (Å²) < 4.78 is 192. The lowest BCUT2D eigenvalue weighted by molar-refractivity contribution is 0.281. The summed E-state index contributed by atoms with van der Waals surface area (Å²) >= 11 is 8.49. The van der Waals surface area contributed by atoms with Crippen LogP contribution in [0.5, 0.6) is 11.6 Å². The number of aromatic nitrogens is 3. The highest BCUT2D eigenvalue weighted by Crippen LogP contribution is 2.45. The molecule has 0 saturated carbocycles. The summed E-state index contributed by atoms with van der Waals surface area (Å²) in [4.78, 5) is 7.84. The Morgan fingerprint density at radius 2 is 1.38 bits per heavy atom. The molecule has 40 heteroatoms. The molecule has 3 aromatic heterocycles. The molecule has 446 valence electrons. The maximum absolute atomic E-state index is 12.4. The first kappa shape index (κ1) is 66.0. The molecule has 0 saturated heterocycles. The van der Waals surface area contributed by atoms with E-state index in [0.717, 1.165) is 41.3 Å². The molecule has 0 aliphatic carbocycles. The fraction of sp³-hybridized carbons (Fsp3) is 0.205. The molecule has 0 unspecified atom stereocenters. The molecular weight excluding hydrogens is 1300 g/mol. The lowest BCUT2D eigenvalue weighted by Crippen LogP contribution is -2.08. The van der Waals surface area contributed by atoms with Gasteiger partial charge in [-0.2, -0.15) is 52.5 Å². The van der Waals surface area contributed by atoms with Crippen LogP contribution in [0.4, 0.5) is 33.6 Å². The van der Waals surface area contributed by atoms with Gasteiger partial charge in [-0.05, 0) is 79.4 Å². The predicted molar refractivity (Wildman–Crippen MR) is 302 cm³/mol. The fourth-order valence-corrected chi connectivity index (χ4v) is 11.8. The van der Waals surface area contributed by atoms with E-state index < -0.39 is 95.0 Å². The number of benzene rings is 5. The number of pyridine rings is 1. The maximum Gasteiger partial charge on any atom is 0.425 e. The van der Waals surface area contributed by atoms with Gasteiger partial charge in [-0.15, -0.1) is 50.0 Å². The van der Waals surface area contributed by atoms with Crippen LogP contribution in [-0.2, 0) is 67.8 Å². The van der Waals surface area contributed by atoms with Gasteiger partial charge in [0.25, 0.3) is 50.6 Å². The number of hydrogen-bond acceptors (Lipinski definition) is 27. The minimum atomic E-state index is -4.89. The van der Waals surface area contributed by atoms with E-state index in [1.165, 1.54) is 41.7 Å². The van der Waals surface area contributed by atoms with Crippen LogP contribution in [0.15, 0.2) is 118 Å². The van der Waals surface area contributed by atoms with E-state index >= 15 is 0 Å². The van der Waals surface area contributed by atoms with Crippen LogP contribution in [0.25, 0.3) is 37.7 Å². The largest absolute Gasteiger partial charge is 0.493 e. The van der Waals surface area contributed by atoms with Crippen LogP contribution in [0.3, 0.4) is 0 Å². The number of ether oxygens (including phenoxy) is 1. The van der Waals surface area contributed by atoms with Gasteiger partial charge < -0.3 is 14.9 Å². The number of nitrogens with zero attached hydrogens (tertiary/aromatic N) is 10. The first-order chi connectivity index (χ1) is 39.1. The second kappa shape index (κ2) is 26.8. The van der Waals surface area contributed by atoms with Crippen molar-refractivity contribution in [2.24, 2.45) is 30.7 Å². The van der Waals surface area contributed by atoms with Crippen LogP contribution in [0.2, 0.25) is 5.02 Å². The maximum atomic E-state index is 12.4. The molecule has 0 aliphatic rings. The minimum absolute atomic E-state index is 0.0307. The molecule has 8 aromatic rings. The summed E-state index contributed by atoms with van der Waals surface area (Å²) in [5.41, 5.74) is 1.06. The lowest BCUT2D eigenvalue weighted by atomic mass is 10.1. The zero-order valence-corrected chi connectivity index (χ0v) is 49.6. The summed E-state index contributed by atoms with van der Waals surface area (Å²) in [7, 11) is -25.1. The number of aliphatic hydroxyl groups excluding tert-OH is 1. The molecule has 0 spiro atoms. The Kier molecular flexibility index (Phi) is 21.1. The molecule has 7 N–H and O–H groups in total. The highest BCUT2D eigenvalue weighted by Gasteiger charge is 2.24. The normalized spacial score (nSPS) is 12.5. The molecule has 5 aromatic carbocycles. The summed E-state index contributed by atoms with van der Waals surface area (Å²) in [6, 6.07) is 18.7. The number of nitriles is 1. The molecule has 0 atom stereocenters. The van der Waals surface area contributed by atoms with Crippen molar-refractivity contribution in [1.82, 2.24) is 14.4 Å². The number of para-hydroxylation sites is 2. The number of halogens is 1. The molecule has 3 heterocycles. The number of rotatable bonds is 19. The molecule has 0 aliphatic heterocycles. The van der Waals surface area contributed by atoms with Crippen LogP contribution in [-0.4, -0.2) is 132 Å². The minimum Gasteiger partial charge on any atom is -0.493 e. The number of azo groups is 3. The summed E-state index contributed by atoms with van der Waals surface area (Å²) in [6.07, 6.45) is 0.482. The number of aliphatic hydroxyl groups is 1. The van der Waals surface area contributed by atoms with E-state index in [9.17, 15) is 75.8 Å². The fourth-order valence-electron chi connectivity index (χ4n) is 7.32. The standard InChI is InChI=1S/C43H35ClN10O15S6.CH4O3S.O3S/c1-22-27(20-45)41-46-29-6-2-3-7-34(29)54(41)42(56)38(22)52-50-32-14-24(21-55)30(18-35(32)69-10-4-12-72(57,58)59)48-51-33-17-28(44)31(19-36(33)70-11-5-13-73(60,61)62)49-53-43-47-39-37(75(66,67)68)15-23-8-9-25(74(63,64)65)16-26(23)40(39)71-43;1-5(2,3)4;1-4(2)3/h2-3,6-9,14-19,55-56H,4-5,10-13,21H2,1H3,(H,57,58,59)(H,60,61,62)(H,63,64,65)(H,66,67,68);1H3,(H,2,3,4);. The van der Waals surface area contributed by atoms with Gasteiger partial charge in [0.15, 0.2) is 11.3 Å². The molecule has 0 bridgehead atoms. The zero-order chi connectivity index (χ0) is 62.3. The number of thiazole rings is 1. The Balaban J connectivity index is 0.00000117. The Bertz CT molecular complexity index is 4770. The van der Waals surface area contributed by atoms with E-state index in [-0.39, 0.29) is 118 Å². The van der Waals surface area contributed by atoms with Crippen LogP contribution in [0, 0.1) is 18.3 Å². The van der Waals surface area contributed by atoms with E-state index in [1.807, 2.05) is 0 Å². The Morgan fingerprint density at radius 1 is 0.762 bits per heavy atom. The topological polar surface area (TPSA) is 501 Å². The van der Waals surface area contributed by atoms with Gasteiger partial charge >= 0.3 is 10.6 Å². The van der Waals surface area contributed by atoms with Crippen LogP contribution < -0.4 is 4.74 Å². The van der Waals surface area contributed by atoms with E-state index in [4.69, 9.17) is 33.5 Å². The average molecular weight is 1340 g/mol. The lowest BCUT2D eigenvalue weighted by Gasteiger charge is -2.12. The van der Waals surface area contributed by atoms with Gasteiger partial charge in [-0.1, -0.05) is 41.1 Å². The Morgan fingerprint density at radius 3 is 2.00 bits per heavy atom. The predicted octanol–water partition coefficient (Wildman–Crippen LogP) is 8.55. The van der Waals surface area contributed by atoms with Gasteiger partial charge in [-0.25, -0.2) is 9.97 Å². The number of thioether (sulfide) groups is 1. The summed E-state index contributed by atoms with van der Waals surface area (Å²) in [5.74, 6) is -1.68. The Hall–Kier alpha value is -7.14.